The molecule has 1 aliphatic heterocycles. The number of fused-ring (bicyclic) bond motifs is 1. The zero-order valence-electron chi connectivity index (χ0n) is 12.9. The second-order valence-corrected chi connectivity index (χ2v) is 6.94. The molecule has 0 radical (unpaired) electrons. The van der Waals surface area contributed by atoms with Crippen LogP contribution >= 0.6 is 15.9 Å². The average molecular weight is 376 g/mol. The molecule has 1 saturated heterocycles. The first-order valence-electron chi connectivity index (χ1n) is 7.91. The number of aromatic nitrogens is 4. The van der Waals surface area contributed by atoms with E-state index in [0.717, 1.165) is 36.7 Å². The van der Waals surface area contributed by atoms with E-state index >= 15 is 0 Å². The average Bonchev–Trinajstić information content (AvgIpc) is 3.04. The minimum Gasteiger partial charge on any atom is -0.476 e. The summed E-state index contributed by atoms with van der Waals surface area (Å²) in [5.41, 5.74) is 1.18. The van der Waals surface area contributed by atoms with Gasteiger partial charge in [-0.3, -0.25) is 0 Å². The Morgan fingerprint density at radius 3 is 2.43 bits per heavy atom. The first kappa shape index (κ1) is 14.8. The molecule has 0 aromatic carbocycles. The predicted molar refractivity (Wildman–Crippen MR) is 89.3 cm³/mol. The minimum atomic E-state index is 0.591. The Labute approximate surface area is 143 Å². The van der Waals surface area contributed by atoms with Crippen LogP contribution in [-0.4, -0.2) is 39.6 Å². The van der Waals surface area contributed by atoms with Crippen molar-refractivity contribution in [3.8, 4) is 5.88 Å². The van der Waals surface area contributed by atoms with Crippen molar-refractivity contribution in [2.45, 2.75) is 13.3 Å². The second kappa shape index (κ2) is 6.03. The summed E-state index contributed by atoms with van der Waals surface area (Å²) in [5, 5.41) is 0. The van der Waals surface area contributed by atoms with E-state index in [-0.39, 0.29) is 0 Å². The third-order valence-electron chi connectivity index (χ3n) is 4.77. The van der Waals surface area contributed by atoms with Crippen molar-refractivity contribution in [1.29, 1.82) is 0 Å². The first-order valence-corrected chi connectivity index (χ1v) is 8.70. The van der Waals surface area contributed by atoms with E-state index in [2.05, 4.69) is 47.7 Å². The summed E-state index contributed by atoms with van der Waals surface area (Å²) in [5.74, 6) is 3.44. The lowest BCUT2D eigenvalue weighted by Crippen LogP contribution is -2.27. The normalized spacial score (nSPS) is 25.3. The minimum absolute atomic E-state index is 0.591. The van der Waals surface area contributed by atoms with Gasteiger partial charge < -0.3 is 9.64 Å². The Morgan fingerprint density at radius 1 is 1.09 bits per heavy atom. The highest BCUT2D eigenvalue weighted by molar-refractivity contribution is 9.10. The molecule has 2 unspecified atom stereocenters. The van der Waals surface area contributed by atoms with Crippen LogP contribution in [0.2, 0.25) is 0 Å². The van der Waals surface area contributed by atoms with Crippen molar-refractivity contribution >= 4 is 21.9 Å². The number of halogens is 1. The molecule has 2 aromatic rings. The van der Waals surface area contributed by atoms with E-state index in [1.165, 1.54) is 5.56 Å². The number of anilines is 1. The Balaban J connectivity index is 1.28. The van der Waals surface area contributed by atoms with Crippen LogP contribution in [0.4, 0.5) is 5.95 Å². The van der Waals surface area contributed by atoms with Crippen molar-refractivity contribution in [2.75, 3.05) is 24.6 Å². The summed E-state index contributed by atoms with van der Waals surface area (Å²) in [6, 6.07) is 0. The Kier molecular flexibility index (Phi) is 3.88. The van der Waals surface area contributed by atoms with Crippen LogP contribution in [0.25, 0.3) is 0 Å². The molecule has 0 spiro atoms. The first-order chi connectivity index (χ1) is 11.2. The van der Waals surface area contributed by atoms with Crippen LogP contribution in [0.3, 0.4) is 0 Å². The lowest BCUT2D eigenvalue weighted by Gasteiger charge is -2.19. The third kappa shape index (κ3) is 3.02. The van der Waals surface area contributed by atoms with E-state index in [0.29, 0.717) is 23.6 Å². The molecule has 2 aromatic heterocycles. The summed E-state index contributed by atoms with van der Waals surface area (Å²) in [6.45, 7) is 4.88. The summed E-state index contributed by atoms with van der Waals surface area (Å²) in [6.07, 6.45) is 8.14. The van der Waals surface area contributed by atoms with Gasteiger partial charge in [0.1, 0.15) is 4.60 Å². The van der Waals surface area contributed by atoms with E-state index in [9.17, 15) is 0 Å². The molecule has 7 heteroatoms. The molecule has 2 fully saturated rings. The molecule has 1 saturated carbocycles. The van der Waals surface area contributed by atoms with Crippen LogP contribution in [-0.2, 0) is 6.42 Å². The van der Waals surface area contributed by atoms with Crippen molar-refractivity contribution in [3.05, 3.63) is 35.0 Å². The molecule has 1 aliphatic carbocycles. The van der Waals surface area contributed by atoms with Gasteiger partial charge in [-0.25, -0.2) is 19.9 Å². The number of piperidine rings is 1. The zero-order valence-corrected chi connectivity index (χ0v) is 14.5. The molecule has 120 valence electrons. The summed E-state index contributed by atoms with van der Waals surface area (Å²) in [4.78, 5) is 19.5. The molecule has 3 heterocycles. The maximum Gasteiger partial charge on any atom is 0.232 e. The molecule has 4 rings (SSSR count). The Hall–Kier alpha value is -1.76. The van der Waals surface area contributed by atoms with Gasteiger partial charge in [0, 0.05) is 31.4 Å². The van der Waals surface area contributed by atoms with Crippen molar-refractivity contribution in [1.82, 2.24) is 19.9 Å². The smallest absolute Gasteiger partial charge is 0.232 e. The standard InChI is InChI=1S/C16H18BrN5O/c1-2-10-3-20-16(21-4-10)22-7-11-12(8-22)13(11)9-23-15-6-18-14(17)5-19-15/h3-6,11-13H,2,7-9H2,1H3. The van der Waals surface area contributed by atoms with E-state index in [4.69, 9.17) is 4.74 Å². The van der Waals surface area contributed by atoms with Gasteiger partial charge in [0.05, 0.1) is 19.0 Å². The fourth-order valence-electron chi connectivity index (χ4n) is 3.31. The molecule has 6 nitrogen and oxygen atoms in total. The predicted octanol–water partition coefficient (Wildman–Crippen LogP) is 2.35. The number of aryl methyl sites for hydroxylation is 1. The van der Waals surface area contributed by atoms with Crippen LogP contribution < -0.4 is 9.64 Å². The second-order valence-electron chi connectivity index (χ2n) is 6.13. The van der Waals surface area contributed by atoms with Gasteiger partial charge in [0.15, 0.2) is 0 Å². The molecular formula is C16H18BrN5O. The van der Waals surface area contributed by atoms with Crippen molar-refractivity contribution < 1.29 is 4.74 Å². The number of ether oxygens (including phenoxy) is 1. The van der Waals surface area contributed by atoms with Gasteiger partial charge in [-0.1, -0.05) is 6.92 Å². The fraction of sp³-hybridized carbons (Fsp3) is 0.500. The van der Waals surface area contributed by atoms with Crippen LogP contribution in [0, 0.1) is 17.8 Å². The number of hydrogen-bond acceptors (Lipinski definition) is 6. The monoisotopic (exact) mass is 375 g/mol. The third-order valence-corrected chi connectivity index (χ3v) is 5.18. The largest absolute Gasteiger partial charge is 0.476 e. The van der Waals surface area contributed by atoms with Crippen molar-refractivity contribution in [2.24, 2.45) is 17.8 Å². The maximum absolute atomic E-state index is 5.75. The Morgan fingerprint density at radius 2 is 1.83 bits per heavy atom. The number of rotatable bonds is 5. The van der Waals surface area contributed by atoms with Gasteiger partial charge in [-0.15, -0.1) is 0 Å². The number of hydrogen-bond donors (Lipinski definition) is 0. The fourth-order valence-corrected chi connectivity index (χ4v) is 3.52. The van der Waals surface area contributed by atoms with Crippen molar-refractivity contribution in [3.63, 3.8) is 0 Å². The highest BCUT2D eigenvalue weighted by Gasteiger charge is 2.56. The number of nitrogens with zero attached hydrogens (tertiary/aromatic N) is 5. The summed E-state index contributed by atoms with van der Waals surface area (Å²) >= 11 is 3.27. The lowest BCUT2D eigenvalue weighted by atomic mass is 10.3. The topological polar surface area (TPSA) is 64.0 Å². The maximum atomic E-state index is 5.75. The Bertz CT molecular complexity index is 666. The SMILES string of the molecule is CCc1cnc(N2CC3C(COc4cnc(Br)cn4)C3C2)nc1. The molecule has 23 heavy (non-hydrogen) atoms. The quantitative estimate of drug-likeness (QED) is 0.798. The van der Waals surface area contributed by atoms with Crippen LogP contribution in [0.15, 0.2) is 29.4 Å². The molecule has 2 aliphatic rings. The molecule has 0 N–H and O–H groups in total. The zero-order chi connectivity index (χ0) is 15.8. The van der Waals surface area contributed by atoms with E-state index in [1.807, 2.05) is 12.4 Å². The highest BCUT2D eigenvalue weighted by atomic mass is 79.9. The molecule has 0 amide bonds. The molecular weight excluding hydrogens is 358 g/mol. The lowest BCUT2D eigenvalue weighted by molar-refractivity contribution is 0.271. The molecule has 2 atom stereocenters. The van der Waals surface area contributed by atoms with E-state index < -0.39 is 0 Å². The molecule has 0 bridgehead atoms. The van der Waals surface area contributed by atoms with Crippen LogP contribution in [0.5, 0.6) is 5.88 Å². The highest BCUT2D eigenvalue weighted by Crippen LogP contribution is 2.52. The van der Waals surface area contributed by atoms with Gasteiger partial charge in [-0.2, -0.15) is 0 Å². The van der Waals surface area contributed by atoms with E-state index in [1.54, 1.807) is 12.4 Å². The van der Waals surface area contributed by atoms with Gasteiger partial charge >= 0.3 is 0 Å². The summed E-state index contributed by atoms with van der Waals surface area (Å²) in [7, 11) is 0. The summed E-state index contributed by atoms with van der Waals surface area (Å²) < 4.78 is 6.47. The van der Waals surface area contributed by atoms with Gasteiger partial charge in [0.2, 0.25) is 11.8 Å². The van der Waals surface area contributed by atoms with Gasteiger partial charge in [-0.05, 0) is 39.8 Å². The van der Waals surface area contributed by atoms with Gasteiger partial charge in [0.25, 0.3) is 0 Å². The van der Waals surface area contributed by atoms with Crippen LogP contribution in [0.1, 0.15) is 12.5 Å².